The summed E-state index contributed by atoms with van der Waals surface area (Å²) in [6.07, 6.45) is 1.29. The summed E-state index contributed by atoms with van der Waals surface area (Å²) in [6, 6.07) is 16.6. The summed E-state index contributed by atoms with van der Waals surface area (Å²) in [5, 5.41) is 13.2. The third-order valence-corrected chi connectivity index (χ3v) is 4.43. The average molecular weight is 348 g/mol. The summed E-state index contributed by atoms with van der Waals surface area (Å²) in [5.41, 5.74) is 1.51. The largest absolute Gasteiger partial charge is 0.506 e. The molecule has 6 heteroatoms. The molecule has 25 heavy (non-hydrogen) atoms. The minimum absolute atomic E-state index is 0.00941. The van der Waals surface area contributed by atoms with Crippen LogP contribution in [0.25, 0.3) is 22.2 Å². The van der Waals surface area contributed by atoms with Crippen molar-refractivity contribution in [3.8, 4) is 17.0 Å². The van der Waals surface area contributed by atoms with Gasteiger partial charge in [0.25, 0.3) is 0 Å². The lowest BCUT2D eigenvalue weighted by Crippen LogP contribution is -2.06. The van der Waals surface area contributed by atoms with E-state index in [0.717, 1.165) is 11.3 Å². The van der Waals surface area contributed by atoms with Crippen molar-refractivity contribution in [3.63, 3.8) is 0 Å². The predicted octanol–water partition coefficient (Wildman–Crippen LogP) is 4.37. The molecule has 0 saturated carbocycles. The van der Waals surface area contributed by atoms with Gasteiger partial charge in [-0.2, -0.15) is 0 Å². The van der Waals surface area contributed by atoms with Crippen LogP contribution >= 0.6 is 11.3 Å². The van der Waals surface area contributed by atoms with Gasteiger partial charge in [0.2, 0.25) is 5.13 Å². The second-order valence-electron chi connectivity index (χ2n) is 5.29. The zero-order valence-electron chi connectivity index (χ0n) is 12.9. The molecule has 0 radical (unpaired) electrons. The Morgan fingerprint density at radius 2 is 1.84 bits per heavy atom. The van der Waals surface area contributed by atoms with Gasteiger partial charge in [-0.25, -0.2) is 14.8 Å². The Labute approximate surface area is 146 Å². The highest BCUT2D eigenvalue weighted by atomic mass is 32.1. The maximum Gasteiger partial charge on any atom is 0.348 e. The fraction of sp³-hybridized carbons (Fsp3) is 0. The molecule has 2 aromatic heterocycles. The van der Waals surface area contributed by atoms with Crippen LogP contribution in [-0.4, -0.2) is 16.3 Å². The molecule has 5 nitrogen and oxygen atoms in total. The van der Waals surface area contributed by atoms with Crippen molar-refractivity contribution in [2.24, 2.45) is 4.99 Å². The number of aliphatic imine (C=N–C) groups is 1. The lowest BCUT2D eigenvalue weighted by atomic mass is 10.1. The van der Waals surface area contributed by atoms with Gasteiger partial charge in [0, 0.05) is 17.2 Å². The van der Waals surface area contributed by atoms with Gasteiger partial charge in [-0.15, -0.1) is 11.3 Å². The predicted molar refractivity (Wildman–Crippen MR) is 99.0 cm³/mol. The number of para-hydroxylation sites is 1. The molecule has 4 aromatic rings. The number of nitrogens with zero attached hydrogens (tertiary/aromatic N) is 2. The van der Waals surface area contributed by atoms with E-state index >= 15 is 0 Å². The van der Waals surface area contributed by atoms with Crippen molar-refractivity contribution >= 4 is 33.7 Å². The lowest BCUT2D eigenvalue weighted by Gasteiger charge is -2.01. The van der Waals surface area contributed by atoms with Crippen molar-refractivity contribution in [1.29, 1.82) is 0 Å². The van der Waals surface area contributed by atoms with Gasteiger partial charge in [-0.1, -0.05) is 42.5 Å². The van der Waals surface area contributed by atoms with E-state index < -0.39 is 5.63 Å². The topological polar surface area (TPSA) is 75.7 Å². The highest BCUT2D eigenvalue weighted by Gasteiger charge is 2.12. The molecule has 0 bridgehead atoms. The van der Waals surface area contributed by atoms with Gasteiger partial charge in [-0.3, -0.25) is 0 Å². The number of benzene rings is 2. The van der Waals surface area contributed by atoms with Gasteiger partial charge in [0.1, 0.15) is 16.9 Å². The normalized spacial score (nSPS) is 11.4. The molecule has 0 unspecified atom stereocenters. The van der Waals surface area contributed by atoms with Crippen molar-refractivity contribution in [2.75, 3.05) is 0 Å². The second kappa shape index (κ2) is 6.33. The Kier molecular flexibility index (Phi) is 3.87. The van der Waals surface area contributed by atoms with E-state index in [0.29, 0.717) is 16.1 Å². The van der Waals surface area contributed by atoms with Crippen molar-refractivity contribution in [2.45, 2.75) is 0 Å². The van der Waals surface area contributed by atoms with E-state index in [1.54, 1.807) is 24.3 Å². The standard InChI is InChI=1S/C19H12N2O3S/c22-17-13-8-4-5-9-16(13)24-18(23)14(17)10-20-19-21-15(11-25-19)12-6-2-1-3-7-12/h1-11,22H. The first-order valence-electron chi connectivity index (χ1n) is 7.52. The number of thiazole rings is 1. The number of rotatable bonds is 3. The average Bonchev–Trinajstić information content (AvgIpc) is 3.11. The fourth-order valence-electron chi connectivity index (χ4n) is 2.45. The molecule has 2 heterocycles. The Balaban J connectivity index is 1.70. The van der Waals surface area contributed by atoms with Gasteiger partial charge in [-0.05, 0) is 12.1 Å². The van der Waals surface area contributed by atoms with E-state index in [2.05, 4.69) is 9.98 Å². The third-order valence-electron chi connectivity index (χ3n) is 3.69. The molecule has 1 N–H and O–H groups in total. The molecular weight excluding hydrogens is 336 g/mol. The maximum atomic E-state index is 12.1. The van der Waals surface area contributed by atoms with Crippen LogP contribution in [0.2, 0.25) is 0 Å². The quantitative estimate of drug-likeness (QED) is 0.440. The molecule has 0 amide bonds. The fourth-order valence-corrected chi connectivity index (χ4v) is 3.12. The minimum Gasteiger partial charge on any atom is -0.506 e. The van der Waals surface area contributed by atoms with E-state index in [-0.39, 0.29) is 11.3 Å². The van der Waals surface area contributed by atoms with Crippen molar-refractivity contribution in [1.82, 2.24) is 4.98 Å². The van der Waals surface area contributed by atoms with Gasteiger partial charge in [0.15, 0.2) is 0 Å². The SMILES string of the molecule is O=c1oc2ccccc2c(O)c1C=Nc1nc(-c2ccccc2)cs1. The van der Waals surface area contributed by atoms with Crippen LogP contribution in [0.4, 0.5) is 5.13 Å². The monoisotopic (exact) mass is 348 g/mol. The molecule has 2 aromatic carbocycles. The zero-order valence-corrected chi connectivity index (χ0v) is 13.7. The maximum absolute atomic E-state index is 12.1. The highest BCUT2D eigenvalue weighted by Crippen LogP contribution is 2.28. The van der Waals surface area contributed by atoms with E-state index in [1.807, 2.05) is 35.7 Å². The van der Waals surface area contributed by atoms with E-state index in [1.165, 1.54) is 17.6 Å². The first kappa shape index (κ1) is 15.3. The first-order valence-corrected chi connectivity index (χ1v) is 8.40. The van der Waals surface area contributed by atoms with E-state index in [4.69, 9.17) is 4.42 Å². The summed E-state index contributed by atoms with van der Waals surface area (Å²) in [5.74, 6) is -0.143. The van der Waals surface area contributed by atoms with Crippen LogP contribution < -0.4 is 5.63 Å². The third kappa shape index (κ3) is 2.95. The van der Waals surface area contributed by atoms with E-state index in [9.17, 15) is 9.90 Å². The summed E-state index contributed by atoms with van der Waals surface area (Å²) in [7, 11) is 0. The zero-order chi connectivity index (χ0) is 17.2. The van der Waals surface area contributed by atoms with Gasteiger partial charge in [0.05, 0.1) is 11.1 Å². The molecule has 0 aliphatic heterocycles. The molecule has 0 aliphatic rings. The highest BCUT2D eigenvalue weighted by molar-refractivity contribution is 7.13. The molecule has 0 atom stereocenters. The second-order valence-corrected chi connectivity index (χ2v) is 6.12. The number of hydrogen-bond acceptors (Lipinski definition) is 6. The molecular formula is C19H12N2O3S. The van der Waals surface area contributed by atoms with Gasteiger partial charge < -0.3 is 9.52 Å². The molecule has 0 saturated heterocycles. The molecule has 122 valence electrons. The van der Waals surface area contributed by atoms with Crippen LogP contribution in [0.5, 0.6) is 5.75 Å². The summed E-state index contributed by atoms with van der Waals surface area (Å²) >= 11 is 1.36. The van der Waals surface area contributed by atoms with Crippen LogP contribution in [0, 0.1) is 0 Å². The Morgan fingerprint density at radius 3 is 2.68 bits per heavy atom. The van der Waals surface area contributed by atoms with Gasteiger partial charge >= 0.3 is 5.63 Å². The summed E-state index contributed by atoms with van der Waals surface area (Å²) in [4.78, 5) is 20.7. The van der Waals surface area contributed by atoms with Crippen LogP contribution in [0.3, 0.4) is 0 Å². The number of fused-ring (bicyclic) bond motifs is 1. The molecule has 0 fully saturated rings. The van der Waals surface area contributed by atoms with Crippen LogP contribution in [-0.2, 0) is 0 Å². The van der Waals surface area contributed by atoms with Crippen LogP contribution in [0.1, 0.15) is 5.56 Å². The minimum atomic E-state index is -0.639. The first-order chi connectivity index (χ1) is 12.2. The van der Waals surface area contributed by atoms with Crippen molar-refractivity contribution in [3.05, 3.63) is 76.0 Å². The number of aromatic hydroxyl groups is 1. The molecule has 0 spiro atoms. The summed E-state index contributed by atoms with van der Waals surface area (Å²) in [6.45, 7) is 0. The lowest BCUT2D eigenvalue weighted by molar-refractivity contribution is 0.466. The Bertz CT molecular complexity index is 1130. The smallest absolute Gasteiger partial charge is 0.348 e. The number of aromatic nitrogens is 1. The molecule has 0 aliphatic carbocycles. The van der Waals surface area contributed by atoms with Crippen LogP contribution in [0.15, 0.2) is 74.2 Å². The Morgan fingerprint density at radius 1 is 1.08 bits per heavy atom. The molecule has 4 rings (SSSR count). The Hall–Kier alpha value is -3.25. The summed E-state index contributed by atoms with van der Waals surface area (Å²) < 4.78 is 5.21. The number of hydrogen-bond donors (Lipinski definition) is 1. The van der Waals surface area contributed by atoms with Crippen molar-refractivity contribution < 1.29 is 9.52 Å².